The highest BCUT2D eigenvalue weighted by molar-refractivity contribution is 5.70. The molecule has 0 unspecified atom stereocenters. The van der Waals surface area contributed by atoms with Gasteiger partial charge in [-0.2, -0.15) is 0 Å². The van der Waals surface area contributed by atoms with E-state index in [4.69, 9.17) is 5.11 Å². The van der Waals surface area contributed by atoms with Crippen LogP contribution >= 0.6 is 0 Å². The van der Waals surface area contributed by atoms with Crippen LogP contribution in [0.1, 0.15) is 42.8 Å². The van der Waals surface area contributed by atoms with Gasteiger partial charge < -0.3 is 10.1 Å². The van der Waals surface area contributed by atoms with Crippen molar-refractivity contribution in [3.05, 3.63) is 27.4 Å². The first-order valence-electron chi connectivity index (χ1n) is 5.45. The molecule has 0 spiro atoms. The van der Waals surface area contributed by atoms with Crippen molar-refractivity contribution < 1.29 is 9.90 Å². The Labute approximate surface area is 92.5 Å². The van der Waals surface area contributed by atoms with Crippen LogP contribution in [0.25, 0.3) is 0 Å². The summed E-state index contributed by atoms with van der Waals surface area (Å²) in [5.74, 6) is -0.0542. The molecular formula is C11H14N2O3. The van der Waals surface area contributed by atoms with Gasteiger partial charge in [-0.15, -0.1) is 0 Å². The summed E-state index contributed by atoms with van der Waals surface area (Å²) in [6, 6.07) is 0. The zero-order valence-corrected chi connectivity index (χ0v) is 9.12. The monoisotopic (exact) mass is 222 g/mol. The van der Waals surface area contributed by atoms with Crippen molar-refractivity contribution in [3.8, 4) is 0 Å². The Bertz CT molecular complexity index is 475. The fraction of sp³-hybridized carbons (Fsp3) is 0.545. The largest absolute Gasteiger partial charge is 0.481 e. The van der Waals surface area contributed by atoms with Crippen LogP contribution in [0.4, 0.5) is 0 Å². The summed E-state index contributed by atoms with van der Waals surface area (Å²) in [5.41, 5.74) is 0.728. The highest BCUT2D eigenvalue weighted by Crippen LogP contribution is 2.39. The number of rotatable bonds is 4. The maximum Gasteiger partial charge on any atom is 0.308 e. The summed E-state index contributed by atoms with van der Waals surface area (Å²) in [6.07, 6.45) is 2.43. The molecular weight excluding hydrogens is 208 g/mol. The van der Waals surface area contributed by atoms with E-state index in [0.29, 0.717) is 29.4 Å². The zero-order chi connectivity index (χ0) is 11.7. The first kappa shape index (κ1) is 10.9. The molecule has 0 aromatic carbocycles. The third kappa shape index (κ3) is 2.13. The first-order chi connectivity index (χ1) is 7.61. The fourth-order valence-corrected chi connectivity index (χ4v) is 1.75. The number of nitrogens with zero attached hydrogens (tertiary/aromatic N) is 1. The van der Waals surface area contributed by atoms with Crippen molar-refractivity contribution in [3.63, 3.8) is 0 Å². The Morgan fingerprint density at radius 1 is 1.56 bits per heavy atom. The Hall–Kier alpha value is -1.65. The third-order valence-electron chi connectivity index (χ3n) is 2.72. The second-order valence-corrected chi connectivity index (χ2v) is 4.07. The molecule has 1 fully saturated rings. The molecule has 1 aromatic rings. The van der Waals surface area contributed by atoms with E-state index in [-0.39, 0.29) is 12.0 Å². The maximum absolute atomic E-state index is 11.7. The van der Waals surface area contributed by atoms with E-state index < -0.39 is 5.97 Å². The molecule has 2 N–H and O–H groups in total. The molecule has 0 radical (unpaired) electrons. The number of aromatic nitrogens is 2. The Morgan fingerprint density at radius 2 is 2.25 bits per heavy atom. The number of aliphatic carboxylic acids is 1. The molecule has 0 saturated heterocycles. The number of carbonyl (C=O) groups is 1. The standard InChI is InChI=1S/C11H14N2O3/c1-2-8-12-10(6-3-4-6)7(5-9(14)15)11(16)13-8/h6H,2-5H2,1H3,(H,14,15)(H,12,13,16). The molecule has 1 aromatic heterocycles. The maximum atomic E-state index is 11.7. The molecule has 86 valence electrons. The summed E-state index contributed by atoms with van der Waals surface area (Å²) >= 11 is 0. The minimum Gasteiger partial charge on any atom is -0.481 e. The highest BCUT2D eigenvalue weighted by atomic mass is 16.4. The fourth-order valence-electron chi connectivity index (χ4n) is 1.75. The minimum absolute atomic E-state index is 0.238. The topological polar surface area (TPSA) is 83.0 Å². The van der Waals surface area contributed by atoms with Crippen molar-refractivity contribution in [2.24, 2.45) is 0 Å². The van der Waals surface area contributed by atoms with Crippen LogP contribution in [0, 0.1) is 0 Å². The molecule has 1 saturated carbocycles. The van der Waals surface area contributed by atoms with Gasteiger partial charge in [0, 0.05) is 12.3 Å². The minimum atomic E-state index is -0.988. The number of hydrogen-bond acceptors (Lipinski definition) is 3. The van der Waals surface area contributed by atoms with Crippen molar-refractivity contribution >= 4 is 5.97 Å². The lowest BCUT2D eigenvalue weighted by molar-refractivity contribution is -0.136. The van der Waals surface area contributed by atoms with Gasteiger partial charge in [0.2, 0.25) is 0 Å². The second-order valence-electron chi connectivity index (χ2n) is 4.07. The van der Waals surface area contributed by atoms with Gasteiger partial charge in [-0.25, -0.2) is 4.98 Å². The number of H-pyrrole nitrogens is 1. The predicted octanol–water partition coefficient (Wildman–Crippen LogP) is 0.837. The van der Waals surface area contributed by atoms with Gasteiger partial charge in [-0.05, 0) is 12.8 Å². The Balaban J connectivity index is 2.47. The van der Waals surface area contributed by atoms with E-state index in [1.54, 1.807) is 0 Å². The molecule has 16 heavy (non-hydrogen) atoms. The van der Waals surface area contributed by atoms with Crippen molar-refractivity contribution in [2.45, 2.75) is 38.5 Å². The van der Waals surface area contributed by atoms with E-state index in [0.717, 1.165) is 12.8 Å². The molecule has 5 nitrogen and oxygen atoms in total. The third-order valence-corrected chi connectivity index (χ3v) is 2.72. The van der Waals surface area contributed by atoms with Gasteiger partial charge in [-0.3, -0.25) is 9.59 Å². The summed E-state index contributed by atoms with van der Waals surface area (Å²) in [4.78, 5) is 29.4. The number of hydrogen-bond donors (Lipinski definition) is 2. The Kier molecular flexibility index (Phi) is 2.77. The van der Waals surface area contributed by atoms with Gasteiger partial charge in [0.1, 0.15) is 5.82 Å². The summed E-state index contributed by atoms with van der Waals surface area (Å²) in [6.45, 7) is 1.91. The molecule has 1 heterocycles. The van der Waals surface area contributed by atoms with Crippen molar-refractivity contribution in [1.29, 1.82) is 0 Å². The lowest BCUT2D eigenvalue weighted by atomic mass is 10.1. The molecule has 0 amide bonds. The molecule has 5 heteroatoms. The van der Waals surface area contributed by atoms with Crippen LogP contribution in [-0.2, 0) is 17.6 Å². The number of nitrogens with one attached hydrogen (secondary N) is 1. The number of aryl methyl sites for hydroxylation is 1. The quantitative estimate of drug-likeness (QED) is 0.790. The SMILES string of the molecule is CCc1nc(C2CC2)c(CC(=O)O)c(=O)[nH]1. The van der Waals surface area contributed by atoms with Crippen molar-refractivity contribution in [1.82, 2.24) is 9.97 Å². The predicted molar refractivity (Wildman–Crippen MR) is 57.6 cm³/mol. The van der Waals surface area contributed by atoms with E-state index in [2.05, 4.69) is 9.97 Å². The summed E-state index contributed by atoms with van der Waals surface area (Å²) < 4.78 is 0. The molecule has 0 bridgehead atoms. The normalized spacial score (nSPS) is 15.1. The van der Waals surface area contributed by atoms with Crippen LogP contribution in [-0.4, -0.2) is 21.0 Å². The first-order valence-corrected chi connectivity index (χ1v) is 5.45. The zero-order valence-electron chi connectivity index (χ0n) is 9.12. The molecule has 1 aliphatic carbocycles. The van der Waals surface area contributed by atoms with Crippen molar-refractivity contribution in [2.75, 3.05) is 0 Å². The average Bonchev–Trinajstić information content (AvgIpc) is 3.03. The lowest BCUT2D eigenvalue weighted by Crippen LogP contribution is -2.22. The summed E-state index contributed by atoms with van der Waals surface area (Å²) in [5, 5.41) is 8.76. The number of carboxylic acids is 1. The molecule has 2 rings (SSSR count). The number of aromatic amines is 1. The average molecular weight is 222 g/mol. The highest BCUT2D eigenvalue weighted by Gasteiger charge is 2.30. The molecule has 1 aliphatic rings. The second kappa shape index (κ2) is 4.08. The lowest BCUT2D eigenvalue weighted by Gasteiger charge is -2.06. The van der Waals surface area contributed by atoms with Crippen LogP contribution in [0.5, 0.6) is 0 Å². The van der Waals surface area contributed by atoms with Gasteiger partial charge in [0.25, 0.3) is 5.56 Å². The van der Waals surface area contributed by atoms with Gasteiger partial charge in [0.05, 0.1) is 17.7 Å². The molecule has 0 atom stereocenters. The number of carboxylic acid groups (broad SMARTS) is 1. The van der Waals surface area contributed by atoms with E-state index in [1.807, 2.05) is 6.92 Å². The summed E-state index contributed by atoms with van der Waals surface area (Å²) in [7, 11) is 0. The van der Waals surface area contributed by atoms with Crippen LogP contribution in [0.3, 0.4) is 0 Å². The smallest absolute Gasteiger partial charge is 0.308 e. The van der Waals surface area contributed by atoms with Crippen LogP contribution in [0.15, 0.2) is 4.79 Å². The van der Waals surface area contributed by atoms with Gasteiger partial charge in [-0.1, -0.05) is 6.92 Å². The van der Waals surface area contributed by atoms with E-state index >= 15 is 0 Å². The Morgan fingerprint density at radius 3 is 2.75 bits per heavy atom. The molecule has 0 aliphatic heterocycles. The van der Waals surface area contributed by atoms with Gasteiger partial charge in [0.15, 0.2) is 0 Å². The van der Waals surface area contributed by atoms with Crippen LogP contribution < -0.4 is 5.56 Å². The van der Waals surface area contributed by atoms with E-state index in [9.17, 15) is 9.59 Å². The van der Waals surface area contributed by atoms with E-state index in [1.165, 1.54) is 0 Å². The van der Waals surface area contributed by atoms with Gasteiger partial charge >= 0.3 is 5.97 Å². The van der Waals surface area contributed by atoms with Crippen LogP contribution in [0.2, 0.25) is 0 Å².